The average Bonchev–Trinajstić information content (AvgIpc) is 2.57. The number of benzene rings is 3. The third-order valence-electron chi connectivity index (χ3n) is 3.01. The van der Waals surface area contributed by atoms with E-state index in [1.807, 2.05) is 0 Å². The molecule has 0 aliphatic rings. The first-order valence-corrected chi connectivity index (χ1v) is 10.6. The van der Waals surface area contributed by atoms with Gasteiger partial charge in [0.1, 0.15) is 0 Å². The maximum atomic E-state index is 2.38. The number of rotatable bonds is 5. The van der Waals surface area contributed by atoms with Gasteiger partial charge in [0.25, 0.3) is 0 Å². The van der Waals surface area contributed by atoms with E-state index in [1.54, 1.807) is 3.37 Å². The van der Waals surface area contributed by atoms with Gasteiger partial charge in [0.15, 0.2) is 0 Å². The van der Waals surface area contributed by atoms with Gasteiger partial charge in [-0.1, -0.05) is 0 Å². The summed E-state index contributed by atoms with van der Waals surface area (Å²) >= 11 is 0.764. The molecule has 0 saturated carbocycles. The van der Waals surface area contributed by atoms with Crippen molar-refractivity contribution in [3.63, 3.8) is 0 Å². The quantitative estimate of drug-likeness (QED) is 0.564. The first kappa shape index (κ1) is 15.3. The van der Waals surface area contributed by atoms with E-state index in [9.17, 15) is 0 Å². The van der Waals surface area contributed by atoms with Crippen molar-refractivity contribution in [3.05, 3.63) is 99.9 Å². The molecule has 0 nitrogen and oxygen atoms in total. The van der Waals surface area contributed by atoms with E-state index < -0.39 is 0 Å². The fraction of sp³-hybridized carbons (Fsp3) is 0. The molecule has 0 radical (unpaired) electrons. The Kier molecular flexibility index (Phi) is 5.70. The first-order chi connectivity index (χ1) is 10.9. The SMILES string of the molecule is C(=C([Se]c1ccccc1)[Se]c1ccccc1)c1ccccc1. The van der Waals surface area contributed by atoms with E-state index >= 15 is 0 Å². The van der Waals surface area contributed by atoms with Crippen LogP contribution in [-0.2, 0) is 0 Å². The van der Waals surface area contributed by atoms with E-state index in [-0.39, 0.29) is 0 Å². The molecule has 22 heavy (non-hydrogen) atoms. The molecule has 0 aliphatic carbocycles. The molecule has 108 valence electrons. The summed E-state index contributed by atoms with van der Waals surface area (Å²) in [6.07, 6.45) is 2.38. The third-order valence-corrected chi connectivity index (χ3v) is 8.29. The Labute approximate surface area is 144 Å². The third kappa shape index (κ3) is 4.73. The average molecular weight is 414 g/mol. The van der Waals surface area contributed by atoms with Crippen LogP contribution in [0.5, 0.6) is 0 Å². The zero-order valence-corrected chi connectivity index (χ0v) is 15.5. The fourth-order valence-corrected chi connectivity index (χ4v) is 7.64. The van der Waals surface area contributed by atoms with Gasteiger partial charge in [0.2, 0.25) is 0 Å². The molecule has 0 saturated heterocycles. The molecule has 0 bridgehead atoms. The van der Waals surface area contributed by atoms with Gasteiger partial charge in [-0.25, -0.2) is 0 Å². The number of hydrogen-bond donors (Lipinski definition) is 0. The van der Waals surface area contributed by atoms with Crippen LogP contribution >= 0.6 is 0 Å². The van der Waals surface area contributed by atoms with Crippen LogP contribution in [0.1, 0.15) is 5.56 Å². The second kappa shape index (κ2) is 8.17. The summed E-state index contributed by atoms with van der Waals surface area (Å²) < 4.78 is 4.44. The summed E-state index contributed by atoms with van der Waals surface area (Å²) in [6, 6.07) is 32.3. The van der Waals surface area contributed by atoms with Crippen molar-refractivity contribution in [1.29, 1.82) is 0 Å². The van der Waals surface area contributed by atoms with Crippen molar-refractivity contribution in [2.24, 2.45) is 0 Å². The van der Waals surface area contributed by atoms with Gasteiger partial charge in [-0.05, 0) is 0 Å². The van der Waals surface area contributed by atoms with Crippen molar-refractivity contribution in [2.75, 3.05) is 0 Å². The second-order valence-electron chi connectivity index (χ2n) is 4.70. The minimum absolute atomic E-state index is 0.382. The van der Waals surface area contributed by atoms with Crippen LogP contribution in [0.25, 0.3) is 6.08 Å². The summed E-state index contributed by atoms with van der Waals surface area (Å²) in [6.45, 7) is 0. The van der Waals surface area contributed by atoms with Gasteiger partial charge in [0.05, 0.1) is 0 Å². The molecule has 0 N–H and O–H groups in total. The molecule has 0 atom stereocenters. The standard InChI is InChI=1S/C20H16Se2/c1-4-10-17(11-5-1)16-20(21-18-12-6-2-7-13-18)22-19-14-8-3-9-15-19/h1-16H. The maximum absolute atomic E-state index is 2.38. The van der Waals surface area contributed by atoms with E-state index in [2.05, 4.69) is 97.1 Å². The van der Waals surface area contributed by atoms with Gasteiger partial charge in [-0.2, -0.15) is 0 Å². The first-order valence-electron chi connectivity index (χ1n) is 7.13. The van der Waals surface area contributed by atoms with Gasteiger partial charge < -0.3 is 0 Å². The minimum atomic E-state index is 0.382. The summed E-state index contributed by atoms with van der Waals surface area (Å²) in [7, 11) is 0. The Morgan fingerprint density at radius 2 is 0.955 bits per heavy atom. The van der Waals surface area contributed by atoms with Crippen LogP contribution in [0.4, 0.5) is 0 Å². The van der Waals surface area contributed by atoms with E-state index in [0.717, 1.165) is 0 Å². The van der Waals surface area contributed by atoms with Crippen molar-refractivity contribution >= 4 is 44.9 Å². The zero-order chi connectivity index (χ0) is 15.0. The molecule has 0 aliphatic heterocycles. The zero-order valence-electron chi connectivity index (χ0n) is 12.1. The molecule has 0 fully saturated rings. The molecule has 0 spiro atoms. The second-order valence-corrected chi connectivity index (χ2v) is 10.7. The number of hydrogen-bond acceptors (Lipinski definition) is 0. The van der Waals surface area contributed by atoms with Crippen molar-refractivity contribution in [3.8, 4) is 0 Å². The van der Waals surface area contributed by atoms with Crippen LogP contribution in [0, 0.1) is 0 Å². The molecule has 3 aromatic rings. The van der Waals surface area contributed by atoms with Gasteiger partial charge in [-0.15, -0.1) is 0 Å². The fourth-order valence-electron chi connectivity index (χ4n) is 1.97. The Morgan fingerprint density at radius 1 is 0.545 bits per heavy atom. The van der Waals surface area contributed by atoms with Gasteiger partial charge in [0, 0.05) is 0 Å². The molecule has 3 aromatic carbocycles. The van der Waals surface area contributed by atoms with Crippen LogP contribution < -0.4 is 8.92 Å². The molecule has 3 rings (SSSR count). The summed E-state index contributed by atoms with van der Waals surface area (Å²) in [5.41, 5.74) is 1.30. The molecular formula is C20H16Se2. The Morgan fingerprint density at radius 3 is 1.41 bits per heavy atom. The summed E-state index contributed by atoms with van der Waals surface area (Å²) in [4.78, 5) is 0. The van der Waals surface area contributed by atoms with E-state index in [1.165, 1.54) is 14.5 Å². The summed E-state index contributed by atoms with van der Waals surface area (Å²) in [5, 5.41) is 0. The van der Waals surface area contributed by atoms with Crippen molar-refractivity contribution < 1.29 is 0 Å². The molecule has 0 unspecified atom stereocenters. The van der Waals surface area contributed by atoms with Gasteiger partial charge >= 0.3 is 145 Å². The topological polar surface area (TPSA) is 0 Å². The Hall–Kier alpha value is -1.56. The predicted molar refractivity (Wildman–Crippen MR) is 98.1 cm³/mol. The van der Waals surface area contributed by atoms with E-state index in [4.69, 9.17) is 0 Å². The molecule has 2 heteroatoms. The van der Waals surface area contributed by atoms with Crippen LogP contribution in [0.3, 0.4) is 0 Å². The van der Waals surface area contributed by atoms with Crippen LogP contribution in [-0.4, -0.2) is 29.9 Å². The van der Waals surface area contributed by atoms with Crippen molar-refractivity contribution in [1.82, 2.24) is 0 Å². The van der Waals surface area contributed by atoms with Crippen molar-refractivity contribution in [2.45, 2.75) is 0 Å². The normalized spacial score (nSPS) is 10.2. The molecular weight excluding hydrogens is 398 g/mol. The van der Waals surface area contributed by atoms with E-state index in [0.29, 0.717) is 29.9 Å². The molecule has 0 heterocycles. The summed E-state index contributed by atoms with van der Waals surface area (Å²) in [5.74, 6) is 0. The molecule has 0 aromatic heterocycles. The monoisotopic (exact) mass is 416 g/mol. The van der Waals surface area contributed by atoms with Crippen LogP contribution in [0.2, 0.25) is 0 Å². The Balaban J connectivity index is 1.86. The van der Waals surface area contributed by atoms with Gasteiger partial charge in [-0.3, -0.25) is 0 Å². The Bertz CT molecular complexity index is 676. The van der Waals surface area contributed by atoms with Crippen LogP contribution in [0.15, 0.2) is 94.4 Å². The molecule has 0 amide bonds. The predicted octanol–water partition coefficient (Wildman–Crippen LogP) is 3.04.